The summed E-state index contributed by atoms with van der Waals surface area (Å²) in [6, 6.07) is 8.14. The molecule has 0 saturated heterocycles. The highest BCUT2D eigenvalue weighted by Crippen LogP contribution is 2.20. The van der Waals surface area contributed by atoms with Gasteiger partial charge in [-0.05, 0) is 31.2 Å². The summed E-state index contributed by atoms with van der Waals surface area (Å²) in [7, 11) is 0. The van der Waals surface area contributed by atoms with Crippen LogP contribution in [0.25, 0.3) is 0 Å². The molecule has 0 fully saturated rings. The third-order valence-corrected chi connectivity index (χ3v) is 3.34. The molecule has 1 aromatic carbocycles. The van der Waals surface area contributed by atoms with Crippen LogP contribution < -0.4 is 0 Å². The quantitative estimate of drug-likeness (QED) is 0.815. The number of carboxylic acid groups (broad SMARTS) is 1. The molecule has 0 heterocycles. The Balaban J connectivity index is 2.66. The Hall–Kier alpha value is -1.31. The fraction of sp³-hybridized carbons (Fsp3) is 0.533. The largest absolute Gasteiger partial charge is 0.481 e. The molecule has 0 amide bonds. The molecule has 0 saturated carbocycles. The fourth-order valence-electron chi connectivity index (χ4n) is 1.93. The average molecular weight is 234 g/mol. The van der Waals surface area contributed by atoms with Gasteiger partial charge in [0.25, 0.3) is 0 Å². The standard InChI is InChI=1S/C15H22O2/c1-4-11(2)9-14(15(16)17)10-13-7-5-12(3)6-8-13/h5-8,11,14H,4,9-10H2,1-3H3,(H,16,17). The maximum absolute atomic E-state index is 11.2. The molecule has 0 radical (unpaired) electrons. The molecule has 1 N–H and O–H groups in total. The van der Waals surface area contributed by atoms with Crippen molar-refractivity contribution in [2.24, 2.45) is 11.8 Å². The van der Waals surface area contributed by atoms with Gasteiger partial charge in [0.15, 0.2) is 0 Å². The second-order valence-electron chi connectivity index (χ2n) is 4.97. The topological polar surface area (TPSA) is 37.3 Å². The van der Waals surface area contributed by atoms with Crippen LogP contribution in [0.3, 0.4) is 0 Å². The lowest BCUT2D eigenvalue weighted by Gasteiger charge is -2.16. The van der Waals surface area contributed by atoms with Crippen molar-refractivity contribution in [3.63, 3.8) is 0 Å². The van der Waals surface area contributed by atoms with Crippen LogP contribution in [0.15, 0.2) is 24.3 Å². The highest BCUT2D eigenvalue weighted by molar-refractivity contribution is 5.70. The van der Waals surface area contributed by atoms with E-state index in [0.29, 0.717) is 12.3 Å². The zero-order valence-corrected chi connectivity index (χ0v) is 10.9. The Bertz CT molecular complexity index is 354. The van der Waals surface area contributed by atoms with E-state index in [-0.39, 0.29) is 5.92 Å². The Labute approximate surface area is 104 Å². The van der Waals surface area contributed by atoms with Crippen molar-refractivity contribution in [2.45, 2.75) is 40.0 Å². The van der Waals surface area contributed by atoms with Crippen molar-refractivity contribution in [3.05, 3.63) is 35.4 Å². The lowest BCUT2D eigenvalue weighted by atomic mass is 9.89. The van der Waals surface area contributed by atoms with Crippen molar-refractivity contribution in [1.82, 2.24) is 0 Å². The Morgan fingerprint density at radius 1 is 1.29 bits per heavy atom. The van der Waals surface area contributed by atoms with Gasteiger partial charge >= 0.3 is 5.97 Å². The molecule has 1 rings (SSSR count). The minimum atomic E-state index is -0.675. The van der Waals surface area contributed by atoms with Crippen molar-refractivity contribution >= 4 is 5.97 Å². The molecule has 0 aliphatic rings. The first-order valence-electron chi connectivity index (χ1n) is 6.31. The summed E-state index contributed by atoms with van der Waals surface area (Å²) in [5.41, 5.74) is 2.33. The number of hydrogen-bond donors (Lipinski definition) is 1. The zero-order chi connectivity index (χ0) is 12.8. The van der Waals surface area contributed by atoms with Crippen LogP contribution in [0.5, 0.6) is 0 Å². The molecule has 2 unspecified atom stereocenters. The third kappa shape index (κ3) is 4.59. The second kappa shape index (κ2) is 6.43. The van der Waals surface area contributed by atoms with Gasteiger partial charge in [-0.15, -0.1) is 0 Å². The molecular weight excluding hydrogens is 212 g/mol. The van der Waals surface area contributed by atoms with E-state index in [4.69, 9.17) is 0 Å². The van der Waals surface area contributed by atoms with Crippen LogP contribution in [-0.4, -0.2) is 11.1 Å². The molecule has 94 valence electrons. The number of hydrogen-bond acceptors (Lipinski definition) is 1. The van der Waals surface area contributed by atoms with Crippen LogP contribution >= 0.6 is 0 Å². The molecule has 2 nitrogen and oxygen atoms in total. The molecule has 0 aliphatic heterocycles. The highest BCUT2D eigenvalue weighted by atomic mass is 16.4. The number of aryl methyl sites for hydroxylation is 1. The van der Waals surface area contributed by atoms with E-state index in [1.165, 1.54) is 5.56 Å². The summed E-state index contributed by atoms with van der Waals surface area (Å²) >= 11 is 0. The van der Waals surface area contributed by atoms with Crippen molar-refractivity contribution in [1.29, 1.82) is 0 Å². The summed E-state index contributed by atoms with van der Waals surface area (Å²) in [6.45, 7) is 6.26. The zero-order valence-electron chi connectivity index (χ0n) is 10.9. The number of benzene rings is 1. The first-order valence-corrected chi connectivity index (χ1v) is 6.31. The van der Waals surface area contributed by atoms with Gasteiger partial charge in [0.1, 0.15) is 0 Å². The van der Waals surface area contributed by atoms with Crippen LogP contribution in [0.2, 0.25) is 0 Å². The molecule has 2 atom stereocenters. The lowest BCUT2D eigenvalue weighted by molar-refractivity contribution is -0.142. The molecular formula is C15H22O2. The van der Waals surface area contributed by atoms with E-state index in [0.717, 1.165) is 18.4 Å². The van der Waals surface area contributed by atoms with Crippen LogP contribution in [-0.2, 0) is 11.2 Å². The van der Waals surface area contributed by atoms with Gasteiger partial charge in [-0.1, -0.05) is 50.1 Å². The molecule has 0 aliphatic carbocycles. The maximum Gasteiger partial charge on any atom is 0.306 e. The fourth-order valence-corrected chi connectivity index (χ4v) is 1.93. The maximum atomic E-state index is 11.2. The molecule has 0 bridgehead atoms. The minimum Gasteiger partial charge on any atom is -0.481 e. The predicted octanol–water partition coefficient (Wildman–Crippen LogP) is 3.67. The van der Waals surface area contributed by atoms with Gasteiger partial charge in [0.2, 0.25) is 0 Å². The van der Waals surface area contributed by atoms with Crippen molar-refractivity contribution in [2.75, 3.05) is 0 Å². The number of aliphatic carboxylic acids is 1. The van der Waals surface area contributed by atoms with Crippen LogP contribution in [0, 0.1) is 18.8 Å². The molecule has 17 heavy (non-hydrogen) atoms. The summed E-state index contributed by atoms with van der Waals surface area (Å²) < 4.78 is 0. The smallest absolute Gasteiger partial charge is 0.306 e. The molecule has 0 aromatic heterocycles. The van der Waals surface area contributed by atoms with E-state index in [1.807, 2.05) is 31.2 Å². The van der Waals surface area contributed by atoms with Gasteiger partial charge in [-0.2, -0.15) is 0 Å². The van der Waals surface area contributed by atoms with Gasteiger partial charge in [0, 0.05) is 0 Å². The lowest BCUT2D eigenvalue weighted by Crippen LogP contribution is -2.19. The molecule has 2 heteroatoms. The molecule has 1 aromatic rings. The van der Waals surface area contributed by atoms with Gasteiger partial charge in [-0.3, -0.25) is 4.79 Å². The monoisotopic (exact) mass is 234 g/mol. The minimum absolute atomic E-state index is 0.257. The normalized spacial score (nSPS) is 14.3. The van der Waals surface area contributed by atoms with Crippen molar-refractivity contribution < 1.29 is 9.90 Å². The van der Waals surface area contributed by atoms with E-state index in [1.54, 1.807) is 0 Å². The SMILES string of the molecule is CCC(C)CC(Cc1ccc(C)cc1)C(=O)O. The van der Waals surface area contributed by atoms with Gasteiger partial charge < -0.3 is 5.11 Å². The summed E-state index contributed by atoms with van der Waals surface area (Å²) in [6.07, 6.45) is 2.44. The second-order valence-corrected chi connectivity index (χ2v) is 4.97. The van der Waals surface area contributed by atoms with E-state index >= 15 is 0 Å². The van der Waals surface area contributed by atoms with Gasteiger partial charge in [0.05, 0.1) is 5.92 Å². The first kappa shape index (κ1) is 13.8. The van der Waals surface area contributed by atoms with E-state index < -0.39 is 5.97 Å². The predicted molar refractivity (Wildman–Crippen MR) is 70.1 cm³/mol. The Morgan fingerprint density at radius 2 is 1.88 bits per heavy atom. The van der Waals surface area contributed by atoms with Crippen LogP contribution in [0.4, 0.5) is 0 Å². The number of rotatable bonds is 6. The van der Waals surface area contributed by atoms with Crippen LogP contribution in [0.1, 0.15) is 37.8 Å². The van der Waals surface area contributed by atoms with Gasteiger partial charge in [-0.25, -0.2) is 0 Å². The summed E-state index contributed by atoms with van der Waals surface area (Å²) in [5, 5.41) is 9.23. The van der Waals surface area contributed by atoms with E-state index in [9.17, 15) is 9.90 Å². The van der Waals surface area contributed by atoms with Crippen molar-refractivity contribution in [3.8, 4) is 0 Å². The average Bonchev–Trinajstić information content (AvgIpc) is 2.30. The summed E-state index contributed by atoms with van der Waals surface area (Å²) in [5.74, 6) is -0.458. The highest BCUT2D eigenvalue weighted by Gasteiger charge is 2.20. The molecule has 0 spiro atoms. The Kier molecular flexibility index (Phi) is 5.20. The Morgan fingerprint density at radius 3 is 2.35 bits per heavy atom. The summed E-state index contributed by atoms with van der Waals surface area (Å²) in [4.78, 5) is 11.2. The number of carboxylic acids is 1. The first-order chi connectivity index (χ1) is 8.02. The third-order valence-electron chi connectivity index (χ3n) is 3.34. The number of carbonyl (C=O) groups is 1. The van der Waals surface area contributed by atoms with E-state index in [2.05, 4.69) is 13.8 Å².